The molecule has 0 N–H and O–H groups in total. The Kier molecular flexibility index (Phi) is 5.90. The van der Waals surface area contributed by atoms with E-state index in [0.29, 0.717) is 21.6 Å². The van der Waals surface area contributed by atoms with E-state index in [1.165, 1.54) is 17.1 Å². The van der Waals surface area contributed by atoms with Crippen molar-refractivity contribution in [3.8, 4) is 17.6 Å². The molecule has 25 heavy (non-hydrogen) atoms. The SMILES string of the molecule is CC(Oc1ccc(C#N)cc1)C(=O)Oc1ccc(C2SCCS2)cc1. The van der Waals surface area contributed by atoms with E-state index in [9.17, 15) is 4.79 Å². The summed E-state index contributed by atoms with van der Waals surface area (Å²) in [6.45, 7) is 1.64. The first kappa shape index (κ1) is 17.7. The molecule has 128 valence electrons. The standard InChI is InChI=1S/C19H17NO3S2/c1-13(22-16-6-2-14(12-20)3-7-16)18(21)23-17-8-4-15(5-9-17)19-24-10-11-25-19/h2-9,13,19H,10-11H2,1H3. The quantitative estimate of drug-likeness (QED) is 0.573. The van der Waals surface area contributed by atoms with Crippen LogP contribution < -0.4 is 9.47 Å². The zero-order chi connectivity index (χ0) is 17.6. The van der Waals surface area contributed by atoms with Crippen molar-refractivity contribution in [2.75, 3.05) is 11.5 Å². The number of nitrogens with zero attached hydrogens (tertiary/aromatic N) is 1. The van der Waals surface area contributed by atoms with Crippen LogP contribution in [0, 0.1) is 11.3 Å². The summed E-state index contributed by atoms with van der Waals surface area (Å²) in [5, 5.41) is 8.78. The molecule has 2 aromatic rings. The zero-order valence-corrected chi connectivity index (χ0v) is 15.3. The highest BCUT2D eigenvalue weighted by atomic mass is 32.2. The van der Waals surface area contributed by atoms with Gasteiger partial charge in [0.25, 0.3) is 0 Å². The molecule has 3 rings (SSSR count). The smallest absolute Gasteiger partial charge is 0.352 e. The van der Waals surface area contributed by atoms with E-state index in [2.05, 4.69) is 0 Å². The second-order valence-electron chi connectivity index (χ2n) is 5.46. The minimum atomic E-state index is -0.742. The first-order valence-corrected chi connectivity index (χ1v) is 9.97. The maximum absolute atomic E-state index is 12.2. The van der Waals surface area contributed by atoms with E-state index < -0.39 is 12.1 Å². The average molecular weight is 371 g/mol. The third-order valence-corrected chi connectivity index (χ3v) is 6.73. The van der Waals surface area contributed by atoms with Gasteiger partial charge in [0.2, 0.25) is 0 Å². The number of benzene rings is 2. The number of ether oxygens (including phenoxy) is 2. The molecular weight excluding hydrogens is 354 g/mol. The number of hydrogen-bond acceptors (Lipinski definition) is 6. The van der Waals surface area contributed by atoms with E-state index in [0.717, 1.165) is 0 Å². The van der Waals surface area contributed by atoms with Gasteiger partial charge in [0.15, 0.2) is 6.10 Å². The first-order valence-electron chi connectivity index (χ1n) is 7.87. The topological polar surface area (TPSA) is 59.3 Å². The Bertz CT molecular complexity index is 763. The van der Waals surface area contributed by atoms with Gasteiger partial charge in [-0.15, -0.1) is 23.5 Å². The Morgan fingerprint density at radius 2 is 1.68 bits per heavy atom. The molecule has 1 atom stereocenters. The molecule has 1 aliphatic heterocycles. The van der Waals surface area contributed by atoms with Gasteiger partial charge in [0.1, 0.15) is 11.5 Å². The number of carbonyl (C=O) groups excluding carboxylic acids is 1. The molecule has 0 amide bonds. The molecule has 1 fully saturated rings. The van der Waals surface area contributed by atoms with Crippen LogP contribution in [0.1, 0.15) is 22.6 Å². The van der Waals surface area contributed by atoms with Crippen molar-refractivity contribution in [3.63, 3.8) is 0 Å². The third kappa shape index (κ3) is 4.71. The fraction of sp³-hybridized carbons (Fsp3) is 0.263. The molecule has 0 aromatic heterocycles. The van der Waals surface area contributed by atoms with Crippen molar-refractivity contribution >= 4 is 29.5 Å². The monoisotopic (exact) mass is 371 g/mol. The summed E-state index contributed by atoms with van der Waals surface area (Å²) < 4.78 is 11.4. The number of hydrogen-bond donors (Lipinski definition) is 0. The van der Waals surface area contributed by atoms with Crippen LogP contribution in [0.3, 0.4) is 0 Å². The van der Waals surface area contributed by atoms with E-state index in [1.807, 2.05) is 53.9 Å². The normalized spacial score (nSPS) is 15.4. The average Bonchev–Trinajstić information content (AvgIpc) is 3.17. The molecular formula is C19H17NO3S2. The van der Waals surface area contributed by atoms with Crippen LogP contribution in [0.4, 0.5) is 0 Å². The van der Waals surface area contributed by atoms with E-state index >= 15 is 0 Å². The Hall–Kier alpha value is -2.10. The Morgan fingerprint density at radius 3 is 2.28 bits per heavy atom. The summed E-state index contributed by atoms with van der Waals surface area (Å²) in [4.78, 5) is 12.2. The first-order chi connectivity index (χ1) is 12.2. The van der Waals surface area contributed by atoms with Crippen molar-refractivity contribution in [2.24, 2.45) is 0 Å². The van der Waals surface area contributed by atoms with Gasteiger partial charge >= 0.3 is 5.97 Å². The van der Waals surface area contributed by atoms with Crippen LogP contribution >= 0.6 is 23.5 Å². The van der Waals surface area contributed by atoms with Gasteiger partial charge < -0.3 is 9.47 Å². The molecule has 0 bridgehead atoms. The van der Waals surface area contributed by atoms with Crippen LogP contribution in [0.5, 0.6) is 11.5 Å². The molecule has 0 spiro atoms. The van der Waals surface area contributed by atoms with Crippen molar-refractivity contribution in [2.45, 2.75) is 17.6 Å². The van der Waals surface area contributed by atoms with Crippen molar-refractivity contribution < 1.29 is 14.3 Å². The summed E-state index contributed by atoms with van der Waals surface area (Å²) in [5.41, 5.74) is 1.79. The molecule has 6 heteroatoms. The molecule has 2 aromatic carbocycles. The van der Waals surface area contributed by atoms with Crippen molar-refractivity contribution in [3.05, 3.63) is 59.7 Å². The lowest BCUT2D eigenvalue weighted by atomic mass is 10.2. The minimum absolute atomic E-state index is 0.457. The summed E-state index contributed by atoms with van der Waals surface area (Å²) >= 11 is 3.88. The van der Waals surface area contributed by atoms with Gasteiger partial charge in [-0.1, -0.05) is 12.1 Å². The van der Waals surface area contributed by atoms with Crippen LogP contribution in [0.15, 0.2) is 48.5 Å². The Labute approximate surface area is 155 Å². The van der Waals surface area contributed by atoms with Gasteiger partial charge in [-0.3, -0.25) is 0 Å². The number of nitriles is 1. The summed E-state index contributed by atoms with van der Waals surface area (Å²) in [5.74, 6) is 2.93. The fourth-order valence-electron chi connectivity index (χ4n) is 2.30. The third-order valence-electron chi connectivity index (χ3n) is 3.62. The highest BCUT2D eigenvalue weighted by Crippen LogP contribution is 2.45. The largest absolute Gasteiger partial charge is 0.479 e. The summed E-state index contributed by atoms with van der Waals surface area (Å²) in [7, 11) is 0. The number of carbonyl (C=O) groups is 1. The molecule has 1 unspecified atom stereocenters. The summed E-state index contributed by atoms with van der Waals surface area (Å²) in [6.07, 6.45) is -0.742. The molecule has 1 heterocycles. The highest BCUT2D eigenvalue weighted by molar-refractivity contribution is 8.19. The maximum atomic E-state index is 12.2. The van der Waals surface area contributed by atoms with Crippen molar-refractivity contribution in [1.29, 1.82) is 5.26 Å². The van der Waals surface area contributed by atoms with Crippen LogP contribution in [-0.4, -0.2) is 23.6 Å². The predicted molar refractivity (Wildman–Crippen MR) is 101 cm³/mol. The van der Waals surface area contributed by atoms with E-state index in [-0.39, 0.29) is 0 Å². The van der Waals surface area contributed by atoms with Gasteiger partial charge in [0.05, 0.1) is 16.2 Å². The van der Waals surface area contributed by atoms with Crippen LogP contribution in [0.2, 0.25) is 0 Å². The molecule has 0 saturated carbocycles. The lowest BCUT2D eigenvalue weighted by Gasteiger charge is -2.14. The van der Waals surface area contributed by atoms with Gasteiger partial charge in [-0.05, 0) is 48.9 Å². The number of esters is 1. The number of thioether (sulfide) groups is 2. The predicted octanol–water partition coefficient (Wildman–Crippen LogP) is 4.41. The van der Waals surface area contributed by atoms with Gasteiger partial charge in [-0.2, -0.15) is 5.26 Å². The van der Waals surface area contributed by atoms with Crippen LogP contribution in [-0.2, 0) is 4.79 Å². The second kappa shape index (κ2) is 8.32. The second-order valence-corrected chi connectivity index (χ2v) is 8.18. The highest BCUT2D eigenvalue weighted by Gasteiger charge is 2.20. The number of rotatable bonds is 5. The summed E-state index contributed by atoms with van der Waals surface area (Å²) in [6, 6.07) is 16.3. The molecule has 0 radical (unpaired) electrons. The van der Waals surface area contributed by atoms with Gasteiger partial charge in [-0.25, -0.2) is 4.79 Å². The minimum Gasteiger partial charge on any atom is -0.479 e. The fourth-order valence-corrected chi connectivity index (χ4v) is 5.16. The van der Waals surface area contributed by atoms with Gasteiger partial charge in [0, 0.05) is 11.5 Å². The van der Waals surface area contributed by atoms with E-state index in [4.69, 9.17) is 14.7 Å². The lowest BCUT2D eigenvalue weighted by molar-refractivity contribution is -0.141. The van der Waals surface area contributed by atoms with E-state index in [1.54, 1.807) is 31.2 Å². The van der Waals surface area contributed by atoms with Crippen LogP contribution in [0.25, 0.3) is 0 Å². The zero-order valence-electron chi connectivity index (χ0n) is 13.7. The Balaban J connectivity index is 1.56. The molecule has 0 aliphatic carbocycles. The van der Waals surface area contributed by atoms with Crippen molar-refractivity contribution in [1.82, 2.24) is 0 Å². The maximum Gasteiger partial charge on any atom is 0.352 e. The molecule has 1 aliphatic rings. The lowest BCUT2D eigenvalue weighted by Crippen LogP contribution is -2.28. The molecule has 4 nitrogen and oxygen atoms in total. The molecule has 1 saturated heterocycles. The Morgan fingerprint density at radius 1 is 1.08 bits per heavy atom.